The van der Waals surface area contributed by atoms with E-state index in [2.05, 4.69) is 10.5 Å². The third-order valence-corrected chi connectivity index (χ3v) is 8.22. The lowest BCUT2D eigenvalue weighted by molar-refractivity contribution is -0.119. The van der Waals surface area contributed by atoms with Crippen LogP contribution in [-0.4, -0.2) is 44.7 Å². The molecule has 1 aliphatic rings. The van der Waals surface area contributed by atoms with Gasteiger partial charge in [-0.05, 0) is 42.0 Å². The number of nitrogens with zero attached hydrogens (tertiary/aromatic N) is 2. The van der Waals surface area contributed by atoms with Crippen LogP contribution < -0.4 is 14.5 Å². The number of thioether (sulfide) groups is 1. The van der Waals surface area contributed by atoms with Crippen molar-refractivity contribution in [1.82, 2.24) is 5.43 Å². The van der Waals surface area contributed by atoms with E-state index in [1.807, 2.05) is 36.0 Å². The lowest BCUT2D eigenvalue weighted by Gasteiger charge is -2.25. The van der Waals surface area contributed by atoms with Crippen molar-refractivity contribution in [2.75, 3.05) is 22.4 Å². The van der Waals surface area contributed by atoms with Crippen molar-refractivity contribution in [3.8, 4) is 5.75 Å². The van der Waals surface area contributed by atoms with Crippen molar-refractivity contribution < 1.29 is 17.9 Å². The van der Waals surface area contributed by atoms with Crippen molar-refractivity contribution in [1.29, 1.82) is 0 Å². The Labute approximate surface area is 207 Å². The summed E-state index contributed by atoms with van der Waals surface area (Å²) in [6, 6.07) is 21.7. The summed E-state index contributed by atoms with van der Waals surface area (Å²) in [6.07, 6.45) is 1.70. The second kappa shape index (κ2) is 10.9. The van der Waals surface area contributed by atoms with E-state index in [1.165, 1.54) is 18.3 Å². The Hall–Kier alpha value is -3.01. The minimum atomic E-state index is -4.05. The maximum absolute atomic E-state index is 13.3. The normalized spacial score (nSPS) is 13.9. The largest absolute Gasteiger partial charge is 0.489 e. The monoisotopic (exact) mass is 515 g/mol. The van der Waals surface area contributed by atoms with Crippen LogP contribution in [0.5, 0.6) is 5.75 Å². The Balaban J connectivity index is 1.48. The summed E-state index contributed by atoms with van der Waals surface area (Å²) < 4.78 is 33.4. The zero-order chi connectivity index (χ0) is 24.0. The van der Waals surface area contributed by atoms with Gasteiger partial charge in [-0.1, -0.05) is 54.1 Å². The molecule has 0 spiro atoms. The van der Waals surface area contributed by atoms with Gasteiger partial charge in [0.2, 0.25) is 0 Å². The van der Waals surface area contributed by atoms with Gasteiger partial charge in [0.25, 0.3) is 15.9 Å². The number of ether oxygens (including phenoxy) is 1. The summed E-state index contributed by atoms with van der Waals surface area (Å²) in [5.74, 6) is 2.07. The molecule has 1 fully saturated rings. The number of anilines is 1. The van der Waals surface area contributed by atoms with Crippen LogP contribution in [0.1, 0.15) is 5.56 Å². The average Bonchev–Trinajstić information content (AvgIpc) is 2.81. The van der Waals surface area contributed by atoms with E-state index in [0.717, 1.165) is 27.1 Å². The van der Waals surface area contributed by atoms with Crippen LogP contribution in [0.2, 0.25) is 5.02 Å². The molecule has 3 aromatic carbocycles. The summed E-state index contributed by atoms with van der Waals surface area (Å²) >= 11 is 8.10. The molecule has 34 heavy (non-hydrogen) atoms. The van der Waals surface area contributed by atoms with Gasteiger partial charge in [0.05, 0.1) is 21.8 Å². The summed E-state index contributed by atoms with van der Waals surface area (Å²) in [6.45, 7) is -0.499. The highest BCUT2D eigenvalue weighted by atomic mass is 35.5. The first-order valence-corrected chi connectivity index (χ1v) is 13.4. The number of hydrogen-bond donors (Lipinski definition) is 1. The highest BCUT2D eigenvalue weighted by Crippen LogP contribution is 2.30. The number of rotatable bonds is 9. The number of sulfonamides is 1. The summed E-state index contributed by atoms with van der Waals surface area (Å²) in [5, 5.41) is 4.19. The van der Waals surface area contributed by atoms with E-state index in [9.17, 15) is 13.2 Å². The Morgan fingerprint density at radius 1 is 1.09 bits per heavy atom. The van der Waals surface area contributed by atoms with Crippen molar-refractivity contribution in [2.24, 2.45) is 5.10 Å². The van der Waals surface area contributed by atoms with Crippen LogP contribution in [0.25, 0.3) is 0 Å². The molecule has 10 heteroatoms. The Bertz CT molecular complexity index is 1280. The van der Waals surface area contributed by atoms with Gasteiger partial charge in [0, 0.05) is 11.5 Å². The molecular weight excluding hydrogens is 494 g/mol. The summed E-state index contributed by atoms with van der Waals surface area (Å²) in [4.78, 5) is 12.7. The van der Waals surface area contributed by atoms with E-state index in [4.69, 9.17) is 16.3 Å². The number of amides is 1. The van der Waals surface area contributed by atoms with Crippen LogP contribution in [0.15, 0.2) is 88.9 Å². The number of para-hydroxylation sites is 1. The zero-order valence-corrected chi connectivity index (χ0v) is 20.4. The molecule has 1 N–H and O–H groups in total. The summed E-state index contributed by atoms with van der Waals surface area (Å²) in [7, 11) is -4.05. The zero-order valence-electron chi connectivity index (χ0n) is 18.0. The second-order valence-electron chi connectivity index (χ2n) is 7.42. The predicted octanol–water partition coefficient (Wildman–Crippen LogP) is 4.18. The Kier molecular flexibility index (Phi) is 7.77. The lowest BCUT2D eigenvalue weighted by Crippen LogP contribution is -2.39. The molecule has 176 valence electrons. The third kappa shape index (κ3) is 5.91. The average molecular weight is 516 g/mol. The lowest BCUT2D eigenvalue weighted by atomic mass is 10.2. The van der Waals surface area contributed by atoms with E-state index >= 15 is 0 Å². The SMILES string of the molecule is O=C(CN(c1ccccc1Cl)S(=O)(=O)c1ccccc1)N/N=C\c1cccc(OC2CSC2)c1. The maximum Gasteiger partial charge on any atom is 0.264 e. The quantitative estimate of drug-likeness (QED) is 0.341. The standard InChI is InChI=1S/C24H22ClN3O4S2/c25-22-11-4-5-12-23(22)28(34(30,31)21-9-2-1-3-10-21)15-24(29)27-26-14-18-7-6-8-19(13-18)32-20-16-33-17-20/h1-14,20H,15-17H2,(H,27,29)/b26-14-. The maximum atomic E-state index is 13.3. The Morgan fingerprint density at radius 2 is 1.82 bits per heavy atom. The number of carbonyl (C=O) groups excluding carboxylic acids is 1. The molecule has 3 aromatic rings. The first kappa shape index (κ1) is 24.1. The third-order valence-electron chi connectivity index (χ3n) is 4.91. The van der Waals surface area contributed by atoms with E-state index in [0.29, 0.717) is 0 Å². The molecule has 1 amide bonds. The van der Waals surface area contributed by atoms with Crippen molar-refractivity contribution in [3.63, 3.8) is 0 Å². The highest BCUT2D eigenvalue weighted by Gasteiger charge is 2.28. The number of carbonyl (C=O) groups is 1. The number of nitrogens with one attached hydrogen (secondary N) is 1. The molecule has 0 saturated carbocycles. The fraction of sp³-hybridized carbons (Fsp3) is 0.167. The number of hydrazone groups is 1. The molecule has 0 unspecified atom stereocenters. The topological polar surface area (TPSA) is 88.1 Å². The fourth-order valence-corrected chi connectivity index (χ4v) is 5.47. The van der Waals surface area contributed by atoms with Crippen molar-refractivity contribution in [2.45, 2.75) is 11.0 Å². The minimum absolute atomic E-state index is 0.0490. The van der Waals surface area contributed by atoms with Crippen LogP contribution in [0.4, 0.5) is 5.69 Å². The molecule has 0 atom stereocenters. The van der Waals surface area contributed by atoms with Crippen molar-refractivity contribution >= 4 is 51.2 Å². The molecule has 1 heterocycles. The molecule has 7 nitrogen and oxygen atoms in total. The van der Waals surface area contributed by atoms with Gasteiger partial charge in [0.15, 0.2) is 0 Å². The van der Waals surface area contributed by atoms with Gasteiger partial charge in [-0.2, -0.15) is 16.9 Å². The van der Waals surface area contributed by atoms with Crippen molar-refractivity contribution in [3.05, 3.63) is 89.4 Å². The van der Waals surface area contributed by atoms with Gasteiger partial charge in [-0.25, -0.2) is 13.8 Å². The molecular formula is C24H22ClN3O4S2. The highest BCUT2D eigenvalue weighted by molar-refractivity contribution is 8.00. The number of halogens is 1. The van der Waals surface area contributed by atoms with Gasteiger partial charge in [0.1, 0.15) is 18.4 Å². The molecule has 0 bridgehead atoms. The first-order valence-electron chi connectivity index (χ1n) is 10.4. The number of benzene rings is 3. The van der Waals surface area contributed by atoms with Gasteiger partial charge < -0.3 is 4.74 Å². The first-order chi connectivity index (χ1) is 16.4. The van der Waals surface area contributed by atoms with Crippen LogP contribution >= 0.6 is 23.4 Å². The predicted molar refractivity (Wildman–Crippen MR) is 136 cm³/mol. The fourth-order valence-electron chi connectivity index (χ4n) is 3.16. The Morgan fingerprint density at radius 3 is 2.53 bits per heavy atom. The molecule has 4 rings (SSSR count). The molecule has 0 aliphatic carbocycles. The molecule has 0 radical (unpaired) electrons. The van der Waals surface area contributed by atoms with Gasteiger partial charge in [-0.15, -0.1) is 0 Å². The van der Waals surface area contributed by atoms with E-state index in [1.54, 1.807) is 42.5 Å². The van der Waals surface area contributed by atoms with E-state index in [-0.39, 0.29) is 21.7 Å². The van der Waals surface area contributed by atoms with E-state index < -0.39 is 22.5 Å². The second-order valence-corrected chi connectivity index (χ2v) is 10.8. The minimum Gasteiger partial charge on any atom is -0.489 e. The van der Waals surface area contributed by atoms with Crippen LogP contribution in [0.3, 0.4) is 0 Å². The number of hydrogen-bond acceptors (Lipinski definition) is 6. The molecule has 0 aromatic heterocycles. The molecule has 1 aliphatic heterocycles. The smallest absolute Gasteiger partial charge is 0.264 e. The van der Waals surface area contributed by atoms with Crippen LogP contribution in [0, 0.1) is 0 Å². The van der Waals surface area contributed by atoms with Gasteiger partial charge >= 0.3 is 0 Å². The van der Waals surface area contributed by atoms with Crippen LogP contribution in [-0.2, 0) is 14.8 Å². The van der Waals surface area contributed by atoms with Gasteiger partial charge in [-0.3, -0.25) is 9.10 Å². The molecule has 1 saturated heterocycles. The summed E-state index contributed by atoms with van der Waals surface area (Å²) in [5.41, 5.74) is 3.33.